The van der Waals surface area contributed by atoms with Crippen LogP contribution in [-0.4, -0.2) is 27.9 Å². The first-order valence-corrected chi connectivity index (χ1v) is 10.3. The zero-order valence-corrected chi connectivity index (χ0v) is 18.2. The lowest BCUT2D eigenvalue weighted by Gasteiger charge is -2.28. The number of aliphatic carboxylic acids is 1. The van der Waals surface area contributed by atoms with E-state index >= 15 is 0 Å². The van der Waals surface area contributed by atoms with Gasteiger partial charge >= 0.3 is 5.97 Å². The number of hydrogen-bond donors (Lipinski definition) is 2. The molecule has 0 fully saturated rings. The van der Waals surface area contributed by atoms with Crippen LogP contribution < -0.4 is 4.90 Å². The average Bonchev–Trinajstić information content (AvgIpc) is 2.98. The highest BCUT2D eigenvalue weighted by Gasteiger charge is 2.43. The third kappa shape index (κ3) is 4.38. The molecule has 3 rings (SSSR count). The fourth-order valence-electron chi connectivity index (χ4n) is 3.78. The van der Waals surface area contributed by atoms with Crippen molar-refractivity contribution in [3.63, 3.8) is 0 Å². The van der Waals surface area contributed by atoms with E-state index in [2.05, 4.69) is 20.8 Å². The maximum absolute atomic E-state index is 13.0. The van der Waals surface area contributed by atoms with Crippen molar-refractivity contribution in [2.75, 3.05) is 4.90 Å². The average molecular weight is 421 g/mol. The van der Waals surface area contributed by atoms with Gasteiger partial charge in [-0.3, -0.25) is 19.3 Å². The van der Waals surface area contributed by atoms with Gasteiger partial charge in [-0.2, -0.15) is 0 Å². The molecule has 31 heavy (non-hydrogen) atoms. The Labute approximate surface area is 181 Å². The number of carboxylic acids is 1. The van der Waals surface area contributed by atoms with E-state index in [1.165, 1.54) is 4.90 Å². The molecule has 0 saturated heterocycles. The second-order valence-corrected chi connectivity index (χ2v) is 8.73. The van der Waals surface area contributed by atoms with Gasteiger partial charge in [0.05, 0.1) is 18.0 Å². The summed E-state index contributed by atoms with van der Waals surface area (Å²) in [5.41, 5.74) is 2.94. The Balaban J connectivity index is 2.08. The summed E-state index contributed by atoms with van der Waals surface area (Å²) in [5.74, 6) is -2.42. The maximum Gasteiger partial charge on any atom is 0.307 e. The molecule has 2 N–H and O–H groups in total. The van der Waals surface area contributed by atoms with Crippen LogP contribution in [0.3, 0.4) is 0 Å². The molecule has 2 aromatic carbocycles. The summed E-state index contributed by atoms with van der Waals surface area (Å²) in [7, 11) is 0. The van der Waals surface area contributed by atoms with Crippen molar-refractivity contribution in [2.45, 2.75) is 52.0 Å². The lowest BCUT2D eigenvalue weighted by molar-refractivity contribution is -0.136. The molecule has 1 unspecified atom stereocenters. The number of rotatable bonds is 6. The molecule has 0 bridgehead atoms. The van der Waals surface area contributed by atoms with Crippen molar-refractivity contribution >= 4 is 23.3 Å². The highest BCUT2D eigenvalue weighted by atomic mass is 16.4. The first-order valence-electron chi connectivity index (χ1n) is 10.3. The highest BCUT2D eigenvalue weighted by molar-refractivity contribution is 6.16. The smallest absolute Gasteiger partial charge is 0.307 e. The van der Waals surface area contributed by atoms with E-state index in [0.29, 0.717) is 11.3 Å². The maximum atomic E-state index is 13.0. The van der Waals surface area contributed by atoms with E-state index in [1.54, 1.807) is 31.2 Å². The van der Waals surface area contributed by atoms with Crippen LogP contribution in [0, 0.1) is 0 Å². The van der Waals surface area contributed by atoms with Crippen molar-refractivity contribution < 1.29 is 24.6 Å². The molecule has 2 aromatic rings. The molecular weight excluding hydrogens is 394 g/mol. The quantitative estimate of drug-likeness (QED) is 0.717. The summed E-state index contributed by atoms with van der Waals surface area (Å²) >= 11 is 0. The lowest BCUT2D eigenvalue weighted by atomic mass is 9.85. The number of carboxylic acid groups (broad SMARTS) is 1. The van der Waals surface area contributed by atoms with Gasteiger partial charge in [0, 0.05) is 12.1 Å². The second kappa shape index (κ2) is 8.38. The SMILES string of the molecule is CCC(=O)C1=C(O)C(=O)N(c2ccc(CC(=O)O)cc2)C1c1ccc(C(C)(C)C)cc1. The Morgan fingerprint density at radius 3 is 2.06 bits per heavy atom. The van der Waals surface area contributed by atoms with Crippen LogP contribution in [0.2, 0.25) is 0 Å². The number of nitrogens with zero attached hydrogens (tertiary/aromatic N) is 1. The summed E-state index contributed by atoms with van der Waals surface area (Å²) in [5, 5.41) is 19.5. The number of carbonyl (C=O) groups excluding carboxylic acids is 2. The summed E-state index contributed by atoms with van der Waals surface area (Å²) in [6, 6.07) is 13.5. The molecule has 6 heteroatoms. The zero-order valence-electron chi connectivity index (χ0n) is 18.2. The summed E-state index contributed by atoms with van der Waals surface area (Å²) in [6.07, 6.45) is 0.0314. The monoisotopic (exact) mass is 421 g/mol. The Kier molecular flexibility index (Phi) is 6.02. The van der Waals surface area contributed by atoms with Gasteiger partial charge in [0.25, 0.3) is 5.91 Å². The van der Waals surface area contributed by atoms with Gasteiger partial charge in [0.15, 0.2) is 11.5 Å². The number of Topliss-reactive ketones (excluding diaryl/α,β-unsaturated/α-hetero) is 1. The van der Waals surface area contributed by atoms with Crippen LogP contribution in [0.4, 0.5) is 5.69 Å². The minimum atomic E-state index is -0.947. The van der Waals surface area contributed by atoms with E-state index < -0.39 is 23.7 Å². The van der Waals surface area contributed by atoms with Gasteiger partial charge in [-0.1, -0.05) is 64.1 Å². The number of aliphatic hydroxyl groups is 1. The number of hydrogen-bond acceptors (Lipinski definition) is 4. The van der Waals surface area contributed by atoms with Gasteiger partial charge in [0.2, 0.25) is 0 Å². The third-order valence-corrected chi connectivity index (χ3v) is 5.49. The number of amides is 1. The molecule has 1 amide bonds. The summed E-state index contributed by atoms with van der Waals surface area (Å²) in [4.78, 5) is 38.0. The van der Waals surface area contributed by atoms with E-state index in [0.717, 1.165) is 11.1 Å². The van der Waals surface area contributed by atoms with Gasteiger partial charge < -0.3 is 10.2 Å². The number of aliphatic hydroxyl groups excluding tert-OH is 1. The van der Waals surface area contributed by atoms with Crippen molar-refractivity contribution in [1.82, 2.24) is 0 Å². The molecule has 1 atom stereocenters. The van der Waals surface area contributed by atoms with E-state index in [1.807, 2.05) is 24.3 Å². The Bertz CT molecular complexity index is 1040. The minimum Gasteiger partial charge on any atom is -0.503 e. The lowest BCUT2D eigenvalue weighted by Crippen LogP contribution is -2.31. The molecule has 6 nitrogen and oxygen atoms in total. The molecule has 1 aliphatic heterocycles. The normalized spacial score (nSPS) is 16.7. The fourth-order valence-corrected chi connectivity index (χ4v) is 3.78. The van der Waals surface area contributed by atoms with Crippen LogP contribution >= 0.6 is 0 Å². The molecule has 162 valence electrons. The second-order valence-electron chi connectivity index (χ2n) is 8.73. The zero-order chi connectivity index (χ0) is 22.9. The van der Waals surface area contributed by atoms with Gasteiger partial charge in [-0.25, -0.2) is 0 Å². The number of anilines is 1. The van der Waals surface area contributed by atoms with Crippen LogP contribution in [0.15, 0.2) is 59.9 Å². The van der Waals surface area contributed by atoms with Gasteiger partial charge in [0.1, 0.15) is 0 Å². The van der Waals surface area contributed by atoms with E-state index in [4.69, 9.17) is 5.11 Å². The van der Waals surface area contributed by atoms with Crippen molar-refractivity contribution in [2.24, 2.45) is 0 Å². The topological polar surface area (TPSA) is 94.9 Å². The van der Waals surface area contributed by atoms with E-state index in [-0.39, 0.29) is 29.6 Å². The number of benzene rings is 2. The molecule has 0 radical (unpaired) electrons. The molecule has 1 heterocycles. The molecule has 0 spiro atoms. The number of ketones is 1. The van der Waals surface area contributed by atoms with Crippen LogP contribution in [0.5, 0.6) is 0 Å². The first-order chi connectivity index (χ1) is 14.5. The van der Waals surface area contributed by atoms with Crippen molar-refractivity contribution in [3.05, 3.63) is 76.6 Å². The molecule has 0 aromatic heterocycles. The summed E-state index contributed by atoms with van der Waals surface area (Å²) in [6.45, 7) is 7.99. The molecule has 0 saturated carbocycles. The first kappa shape index (κ1) is 22.3. The molecule has 1 aliphatic rings. The third-order valence-electron chi connectivity index (χ3n) is 5.49. The predicted octanol–water partition coefficient (Wildman–Crippen LogP) is 4.49. The van der Waals surface area contributed by atoms with Crippen LogP contribution in [0.25, 0.3) is 0 Å². The van der Waals surface area contributed by atoms with Crippen molar-refractivity contribution in [3.8, 4) is 0 Å². The molecular formula is C25H27NO5. The van der Waals surface area contributed by atoms with E-state index in [9.17, 15) is 19.5 Å². The van der Waals surface area contributed by atoms with Crippen LogP contribution in [0.1, 0.15) is 56.8 Å². The van der Waals surface area contributed by atoms with Gasteiger partial charge in [-0.15, -0.1) is 0 Å². The Hall–Kier alpha value is -3.41. The summed E-state index contributed by atoms with van der Waals surface area (Å²) < 4.78 is 0. The predicted molar refractivity (Wildman–Crippen MR) is 118 cm³/mol. The number of carbonyl (C=O) groups is 3. The molecule has 0 aliphatic carbocycles. The van der Waals surface area contributed by atoms with Gasteiger partial charge in [-0.05, 0) is 34.2 Å². The van der Waals surface area contributed by atoms with Crippen molar-refractivity contribution in [1.29, 1.82) is 0 Å². The largest absolute Gasteiger partial charge is 0.503 e. The van der Waals surface area contributed by atoms with Crippen LogP contribution in [-0.2, 0) is 26.2 Å². The fraction of sp³-hybridized carbons (Fsp3) is 0.320. The Morgan fingerprint density at radius 2 is 1.58 bits per heavy atom. The Morgan fingerprint density at radius 1 is 1.00 bits per heavy atom. The minimum absolute atomic E-state index is 0.0519. The standard InChI is InChI=1S/C25H27NO5/c1-5-19(27)21-22(16-8-10-17(11-9-16)25(2,3)4)26(24(31)23(21)30)18-12-6-15(7-13-18)14-20(28)29/h6-13,22,30H,5,14H2,1-4H3,(H,28,29). The highest BCUT2D eigenvalue weighted by Crippen LogP contribution is 2.41.